The van der Waals surface area contributed by atoms with Crippen LogP contribution in [0.25, 0.3) is 5.57 Å². The van der Waals surface area contributed by atoms with Crippen molar-refractivity contribution in [3.05, 3.63) is 68.5 Å². The summed E-state index contributed by atoms with van der Waals surface area (Å²) in [6, 6.07) is 13.4. The number of thioether (sulfide) groups is 1. The van der Waals surface area contributed by atoms with Gasteiger partial charge >= 0.3 is 0 Å². The lowest BCUT2D eigenvalue weighted by Gasteiger charge is -2.16. The molecule has 0 bridgehead atoms. The van der Waals surface area contributed by atoms with Gasteiger partial charge in [-0.2, -0.15) is 0 Å². The van der Waals surface area contributed by atoms with Gasteiger partial charge < -0.3 is 0 Å². The molecule has 0 radical (unpaired) electrons. The van der Waals surface area contributed by atoms with Gasteiger partial charge in [0.1, 0.15) is 0 Å². The van der Waals surface area contributed by atoms with Crippen molar-refractivity contribution in [3.8, 4) is 0 Å². The molecule has 3 nitrogen and oxygen atoms in total. The van der Waals surface area contributed by atoms with Crippen LogP contribution in [0.4, 0.5) is 10.5 Å². The zero-order chi connectivity index (χ0) is 17.4. The lowest BCUT2D eigenvalue weighted by atomic mass is 10.1. The van der Waals surface area contributed by atoms with Crippen LogP contribution in [0.5, 0.6) is 0 Å². The van der Waals surface area contributed by atoms with E-state index < -0.39 is 0 Å². The fraction of sp³-hybridized carbons (Fsp3) is 0.158. The van der Waals surface area contributed by atoms with Crippen LogP contribution >= 0.6 is 27.7 Å². The summed E-state index contributed by atoms with van der Waals surface area (Å²) in [7, 11) is 0. The van der Waals surface area contributed by atoms with Crippen molar-refractivity contribution >= 4 is 50.1 Å². The summed E-state index contributed by atoms with van der Waals surface area (Å²) in [5, 5.41) is -0.250. The fourth-order valence-electron chi connectivity index (χ4n) is 2.61. The first-order chi connectivity index (χ1) is 11.4. The van der Waals surface area contributed by atoms with Crippen LogP contribution in [0.15, 0.2) is 51.8 Å². The van der Waals surface area contributed by atoms with Gasteiger partial charge in [0.2, 0.25) is 0 Å². The summed E-state index contributed by atoms with van der Waals surface area (Å²) in [6.45, 7) is 5.78. The maximum atomic E-state index is 12.9. The molecule has 0 aromatic heterocycles. The Kier molecular flexibility index (Phi) is 4.65. The van der Waals surface area contributed by atoms with Gasteiger partial charge in [-0.1, -0.05) is 40.2 Å². The summed E-state index contributed by atoms with van der Waals surface area (Å²) in [5.74, 6) is -0.251. The molecular formula is C19H16BrNO2S. The largest absolute Gasteiger partial charge is 0.298 e. The average molecular weight is 402 g/mol. The van der Waals surface area contributed by atoms with E-state index in [0.717, 1.165) is 38.5 Å². The van der Waals surface area contributed by atoms with Crippen LogP contribution in [-0.2, 0) is 4.79 Å². The first-order valence-corrected chi connectivity index (χ1v) is 9.10. The predicted octanol–water partition coefficient (Wildman–Crippen LogP) is 5.70. The summed E-state index contributed by atoms with van der Waals surface area (Å²) in [6.07, 6.45) is 0. The molecule has 1 aliphatic heterocycles. The first-order valence-electron chi connectivity index (χ1n) is 7.49. The van der Waals surface area contributed by atoms with Crippen molar-refractivity contribution in [2.45, 2.75) is 20.8 Å². The van der Waals surface area contributed by atoms with E-state index >= 15 is 0 Å². The maximum absolute atomic E-state index is 12.9. The minimum atomic E-state index is -0.251. The molecule has 1 fully saturated rings. The van der Waals surface area contributed by atoms with Gasteiger partial charge in [-0.15, -0.1) is 0 Å². The van der Waals surface area contributed by atoms with E-state index in [0.29, 0.717) is 10.6 Å². The molecule has 1 saturated heterocycles. The number of halogens is 1. The van der Waals surface area contributed by atoms with Gasteiger partial charge in [0.05, 0.1) is 10.6 Å². The maximum Gasteiger partial charge on any atom is 0.298 e. The predicted molar refractivity (Wildman–Crippen MR) is 103 cm³/mol. The van der Waals surface area contributed by atoms with E-state index in [9.17, 15) is 9.59 Å². The molecule has 0 saturated carbocycles. The molecule has 0 atom stereocenters. The van der Waals surface area contributed by atoms with E-state index in [4.69, 9.17) is 0 Å². The number of carbonyl (C=O) groups excluding carboxylic acids is 2. The van der Waals surface area contributed by atoms with Crippen molar-refractivity contribution < 1.29 is 9.59 Å². The highest BCUT2D eigenvalue weighted by Crippen LogP contribution is 2.40. The Balaban J connectivity index is 2.04. The van der Waals surface area contributed by atoms with Crippen LogP contribution < -0.4 is 4.90 Å². The van der Waals surface area contributed by atoms with Crippen LogP contribution in [-0.4, -0.2) is 11.1 Å². The molecule has 24 heavy (non-hydrogen) atoms. The lowest BCUT2D eigenvalue weighted by molar-refractivity contribution is -0.113. The third-order valence-electron chi connectivity index (χ3n) is 4.20. The second-order valence-corrected chi connectivity index (χ2v) is 7.57. The van der Waals surface area contributed by atoms with Crippen LogP contribution in [0.2, 0.25) is 0 Å². The molecule has 0 N–H and O–H groups in total. The lowest BCUT2D eigenvalue weighted by Crippen LogP contribution is -2.28. The smallest absolute Gasteiger partial charge is 0.268 e. The second-order valence-electron chi connectivity index (χ2n) is 5.69. The fourth-order valence-corrected chi connectivity index (χ4v) is 3.78. The zero-order valence-electron chi connectivity index (χ0n) is 13.6. The normalized spacial score (nSPS) is 16.8. The van der Waals surface area contributed by atoms with Gasteiger partial charge in [0, 0.05) is 4.47 Å². The number of hydrogen-bond acceptors (Lipinski definition) is 3. The van der Waals surface area contributed by atoms with Crippen molar-refractivity contribution in [2.75, 3.05) is 4.90 Å². The number of anilines is 1. The molecular weight excluding hydrogens is 386 g/mol. The minimum Gasteiger partial charge on any atom is -0.268 e. The van der Waals surface area contributed by atoms with E-state index in [2.05, 4.69) is 15.9 Å². The Morgan fingerprint density at radius 3 is 2.38 bits per heavy atom. The van der Waals surface area contributed by atoms with E-state index in [1.54, 1.807) is 0 Å². The van der Waals surface area contributed by atoms with Crippen LogP contribution in [0.3, 0.4) is 0 Å². The van der Waals surface area contributed by atoms with E-state index in [-0.39, 0.29) is 11.1 Å². The zero-order valence-corrected chi connectivity index (χ0v) is 16.0. The molecule has 0 unspecified atom stereocenters. The Morgan fingerprint density at radius 1 is 1.04 bits per heavy atom. The number of amides is 2. The quantitative estimate of drug-likeness (QED) is 0.605. The molecule has 2 aromatic carbocycles. The number of rotatable bonds is 2. The standard InChI is InChI=1S/C19H16BrNO2S/c1-11-5-4-6-16(12(11)2)21-18(22)17(24-19(21)23)13(3)14-7-9-15(20)10-8-14/h4-10H,1-3H3/b17-13-. The van der Waals surface area contributed by atoms with Crippen molar-refractivity contribution in [2.24, 2.45) is 0 Å². The molecule has 2 amide bonds. The van der Waals surface area contributed by atoms with Crippen LogP contribution in [0.1, 0.15) is 23.6 Å². The molecule has 1 aliphatic rings. The monoisotopic (exact) mass is 401 g/mol. The Labute approximate surface area is 153 Å². The highest BCUT2D eigenvalue weighted by atomic mass is 79.9. The van der Waals surface area contributed by atoms with Gasteiger partial charge in [0.25, 0.3) is 11.1 Å². The van der Waals surface area contributed by atoms with Gasteiger partial charge in [-0.25, -0.2) is 4.90 Å². The molecule has 1 heterocycles. The second kappa shape index (κ2) is 6.57. The van der Waals surface area contributed by atoms with E-state index in [1.165, 1.54) is 4.90 Å². The molecule has 122 valence electrons. The van der Waals surface area contributed by atoms with Gasteiger partial charge in [-0.3, -0.25) is 9.59 Å². The third-order valence-corrected chi connectivity index (χ3v) is 5.77. The number of carbonyl (C=O) groups is 2. The number of hydrogen-bond donors (Lipinski definition) is 0. The SMILES string of the molecule is C/C(=C1/SC(=O)N(c2cccc(C)c2C)C1=O)c1ccc(Br)cc1. The highest BCUT2D eigenvalue weighted by molar-refractivity contribution is 9.10. The molecule has 0 aliphatic carbocycles. The minimum absolute atomic E-state index is 0.250. The Bertz CT molecular complexity index is 871. The van der Waals surface area contributed by atoms with Gasteiger partial charge in [0.15, 0.2) is 0 Å². The number of aryl methyl sites for hydroxylation is 1. The summed E-state index contributed by atoms with van der Waals surface area (Å²) in [5.41, 5.74) is 4.42. The van der Waals surface area contributed by atoms with Crippen molar-refractivity contribution in [1.29, 1.82) is 0 Å². The first kappa shape index (κ1) is 17.0. The highest BCUT2D eigenvalue weighted by Gasteiger charge is 2.38. The number of benzene rings is 2. The topological polar surface area (TPSA) is 37.4 Å². The summed E-state index contributed by atoms with van der Waals surface area (Å²) in [4.78, 5) is 27.1. The number of nitrogens with zero attached hydrogens (tertiary/aromatic N) is 1. The number of imide groups is 1. The Morgan fingerprint density at radius 2 is 1.71 bits per heavy atom. The Hall–Kier alpha value is -1.85. The van der Waals surface area contributed by atoms with E-state index in [1.807, 2.05) is 63.2 Å². The van der Waals surface area contributed by atoms with Crippen molar-refractivity contribution in [1.82, 2.24) is 0 Å². The molecule has 2 aromatic rings. The summed E-state index contributed by atoms with van der Waals surface area (Å²) < 4.78 is 0.975. The number of allylic oxidation sites excluding steroid dienone is 1. The molecule has 5 heteroatoms. The third kappa shape index (κ3) is 2.94. The average Bonchev–Trinajstić information content (AvgIpc) is 2.85. The van der Waals surface area contributed by atoms with Crippen LogP contribution in [0, 0.1) is 13.8 Å². The van der Waals surface area contributed by atoms with Gasteiger partial charge in [-0.05, 0) is 73.0 Å². The molecule has 3 rings (SSSR count). The van der Waals surface area contributed by atoms with Crippen molar-refractivity contribution in [3.63, 3.8) is 0 Å². The molecule has 0 spiro atoms. The summed E-state index contributed by atoms with van der Waals surface area (Å²) >= 11 is 4.41.